The lowest BCUT2D eigenvalue weighted by Gasteiger charge is -2.25. The number of nitrogen functional groups attached to an aromatic ring is 1. The fourth-order valence-corrected chi connectivity index (χ4v) is 2.10. The van der Waals surface area contributed by atoms with Crippen LogP contribution in [0.2, 0.25) is 0 Å². The third-order valence-corrected chi connectivity index (χ3v) is 2.87. The van der Waals surface area contributed by atoms with E-state index in [-0.39, 0.29) is 0 Å². The molecular formula is C8H13N3OS. The molecule has 2 heterocycles. The second-order valence-electron chi connectivity index (χ2n) is 3.05. The minimum absolute atomic E-state index is 0.656. The molecule has 0 saturated carbocycles. The lowest BCUT2D eigenvalue weighted by atomic mass is 10.4. The van der Waals surface area contributed by atoms with Crippen LogP contribution in [0.4, 0.5) is 5.13 Å². The van der Waals surface area contributed by atoms with Crippen LogP contribution in [0.5, 0.6) is 0 Å². The molecule has 0 aromatic carbocycles. The fourth-order valence-electron chi connectivity index (χ4n) is 1.38. The Hall–Kier alpha value is -0.650. The zero-order chi connectivity index (χ0) is 9.10. The molecule has 1 aliphatic heterocycles. The Morgan fingerprint density at radius 1 is 1.54 bits per heavy atom. The van der Waals surface area contributed by atoms with Crippen LogP contribution in [-0.2, 0) is 11.3 Å². The number of hydrogen-bond acceptors (Lipinski definition) is 5. The van der Waals surface area contributed by atoms with Gasteiger partial charge in [0.1, 0.15) is 0 Å². The average Bonchev–Trinajstić information content (AvgIpc) is 2.53. The average molecular weight is 199 g/mol. The summed E-state index contributed by atoms with van der Waals surface area (Å²) in [6.07, 6.45) is 1.86. The van der Waals surface area contributed by atoms with Crippen molar-refractivity contribution in [2.45, 2.75) is 6.54 Å². The predicted molar refractivity (Wildman–Crippen MR) is 52.6 cm³/mol. The van der Waals surface area contributed by atoms with Gasteiger partial charge in [0.15, 0.2) is 5.13 Å². The Bertz CT molecular complexity index is 270. The highest BCUT2D eigenvalue weighted by molar-refractivity contribution is 7.15. The molecule has 1 aromatic rings. The van der Waals surface area contributed by atoms with Crippen LogP contribution in [0.3, 0.4) is 0 Å². The number of thiazole rings is 1. The summed E-state index contributed by atoms with van der Waals surface area (Å²) in [5.41, 5.74) is 5.55. The summed E-state index contributed by atoms with van der Waals surface area (Å²) in [5.74, 6) is 0. The molecule has 72 valence electrons. The first-order valence-electron chi connectivity index (χ1n) is 4.35. The Morgan fingerprint density at radius 3 is 2.92 bits per heavy atom. The van der Waals surface area contributed by atoms with E-state index >= 15 is 0 Å². The summed E-state index contributed by atoms with van der Waals surface area (Å²) in [5, 5.41) is 0.656. The molecule has 1 saturated heterocycles. The monoisotopic (exact) mass is 199 g/mol. The molecule has 2 N–H and O–H groups in total. The molecule has 1 aliphatic rings. The van der Waals surface area contributed by atoms with Crippen LogP contribution in [0.1, 0.15) is 4.88 Å². The molecule has 1 fully saturated rings. The molecule has 4 nitrogen and oxygen atoms in total. The van der Waals surface area contributed by atoms with E-state index in [4.69, 9.17) is 10.5 Å². The van der Waals surface area contributed by atoms with Crippen molar-refractivity contribution in [1.82, 2.24) is 9.88 Å². The van der Waals surface area contributed by atoms with Crippen molar-refractivity contribution < 1.29 is 4.74 Å². The molecule has 5 heteroatoms. The van der Waals surface area contributed by atoms with Crippen molar-refractivity contribution in [2.24, 2.45) is 0 Å². The number of rotatable bonds is 2. The van der Waals surface area contributed by atoms with E-state index < -0.39 is 0 Å². The first kappa shape index (κ1) is 8.93. The van der Waals surface area contributed by atoms with Crippen LogP contribution >= 0.6 is 11.3 Å². The van der Waals surface area contributed by atoms with Crippen LogP contribution in [0.25, 0.3) is 0 Å². The van der Waals surface area contributed by atoms with Crippen molar-refractivity contribution >= 4 is 16.5 Å². The van der Waals surface area contributed by atoms with Crippen molar-refractivity contribution in [3.05, 3.63) is 11.1 Å². The van der Waals surface area contributed by atoms with Crippen LogP contribution in [-0.4, -0.2) is 36.2 Å². The second kappa shape index (κ2) is 4.04. The van der Waals surface area contributed by atoms with Gasteiger partial charge >= 0.3 is 0 Å². The van der Waals surface area contributed by atoms with E-state index in [0.29, 0.717) is 5.13 Å². The van der Waals surface area contributed by atoms with Gasteiger partial charge in [-0.1, -0.05) is 0 Å². The third kappa shape index (κ3) is 2.40. The van der Waals surface area contributed by atoms with E-state index in [1.54, 1.807) is 11.3 Å². The molecule has 0 radical (unpaired) electrons. The normalized spacial score (nSPS) is 19.1. The highest BCUT2D eigenvalue weighted by Crippen LogP contribution is 2.16. The van der Waals surface area contributed by atoms with E-state index in [1.807, 2.05) is 6.20 Å². The van der Waals surface area contributed by atoms with Gasteiger partial charge < -0.3 is 10.5 Å². The maximum atomic E-state index is 5.55. The second-order valence-corrected chi connectivity index (χ2v) is 4.20. The van der Waals surface area contributed by atoms with Crippen molar-refractivity contribution in [2.75, 3.05) is 32.0 Å². The summed E-state index contributed by atoms with van der Waals surface area (Å²) >= 11 is 1.57. The minimum atomic E-state index is 0.656. The number of aromatic nitrogens is 1. The highest BCUT2D eigenvalue weighted by Gasteiger charge is 2.11. The molecule has 0 aliphatic carbocycles. The first-order valence-corrected chi connectivity index (χ1v) is 5.16. The van der Waals surface area contributed by atoms with Crippen LogP contribution < -0.4 is 5.73 Å². The highest BCUT2D eigenvalue weighted by atomic mass is 32.1. The standard InChI is InChI=1S/C8H13N3OS/c9-8-10-5-7(13-8)6-11-1-3-12-4-2-11/h5H,1-4,6H2,(H2,9,10). The number of morpholine rings is 1. The Morgan fingerprint density at radius 2 is 2.31 bits per heavy atom. The van der Waals surface area contributed by atoms with E-state index in [0.717, 1.165) is 32.8 Å². The number of nitrogens with two attached hydrogens (primary N) is 1. The zero-order valence-corrected chi connectivity index (χ0v) is 8.22. The van der Waals surface area contributed by atoms with Crippen LogP contribution in [0.15, 0.2) is 6.20 Å². The lowest BCUT2D eigenvalue weighted by Crippen LogP contribution is -2.35. The van der Waals surface area contributed by atoms with E-state index in [9.17, 15) is 0 Å². The van der Waals surface area contributed by atoms with Gasteiger partial charge in [0.25, 0.3) is 0 Å². The lowest BCUT2D eigenvalue weighted by molar-refractivity contribution is 0.0346. The SMILES string of the molecule is Nc1ncc(CN2CCOCC2)s1. The van der Waals surface area contributed by atoms with Gasteiger partial charge in [-0.05, 0) is 0 Å². The summed E-state index contributed by atoms with van der Waals surface area (Å²) < 4.78 is 5.26. The molecule has 0 unspecified atom stereocenters. The van der Waals surface area contributed by atoms with Gasteiger partial charge in [0, 0.05) is 30.7 Å². The van der Waals surface area contributed by atoms with Gasteiger partial charge in [0.05, 0.1) is 13.2 Å². The fraction of sp³-hybridized carbons (Fsp3) is 0.625. The van der Waals surface area contributed by atoms with E-state index in [2.05, 4.69) is 9.88 Å². The van der Waals surface area contributed by atoms with Gasteiger partial charge in [-0.2, -0.15) is 0 Å². The van der Waals surface area contributed by atoms with Crippen LogP contribution in [0, 0.1) is 0 Å². The molecule has 0 amide bonds. The molecule has 2 rings (SSSR count). The quantitative estimate of drug-likeness (QED) is 0.756. The van der Waals surface area contributed by atoms with E-state index in [1.165, 1.54) is 4.88 Å². The summed E-state index contributed by atoms with van der Waals surface area (Å²) in [4.78, 5) is 7.61. The topological polar surface area (TPSA) is 51.4 Å². The van der Waals surface area contributed by atoms with Gasteiger partial charge in [-0.25, -0.2) is 4.98 Å². The van der Waals surface area contributed by atoms with Gasteiger partial charge in [-0.3, -0.25) is 4.90 Å². The Balaban J connectivity index is 1.89. The van der Waals surface area contributed by atoms with Gasteiger partial charge in [0.2, 0.25) is 0 Å². The number of hydrogen-bond donors (Lipinski definition) is 1. The maximum absolute atomic E-state index is 5.55. The van der Waals surface area contributed by atoms with Crippen molar-refractivity contribution in [3.8, 4) is 0 Å². The largest absolute Gasteiger partial charge is 0.379 e. The molecule has 13 heavy (non-hydrogen) atoms. The molecule has 0 spiro atoms. The zero-order valence-electron chi connectivity index (χ0n) is 7.40. The molecule has 0 bridgehead atoms. The minimum Gasteiger partial charge on any atom is -0.379 e. The summed E-state index contributed by atoms with van der Waals surface area (Å²) in [7, 11) is 0. The predicted octanol–water partition coefficient (Wildman–Crippen LogP) is 0.557. The number of anilines is 1. The van der Waals surface area contributed by atoms with Crippen molar-refractivity contribution in [1.29, 1.82) is 0 Å². The maximum Gasteiger partial charge on any atom is 0.180 e. The smallest absolute Gasteiger partial charge is 0.180 e. The Kier molecular flexibility index (Phi) is 2.77. The summed E-state index contributed by atoms with van der Waals surface area (Å²) in [6.45, 7) is 4.66. The molecule has 1 aromatic heterocycles. The third-order valence-electron chi connectivity index (χ3n) is 2.05. The number of nitrogens with zero attached hydrogens (tertiary/aromatic N) is 2. The van der Waals surface area contributed by atoms with Gasteiger partial charge in [-0.15, -0.1) is 11.3 Å². The number of ether oxygens (including phenoxy) is 1. The Labute approximate surface area is 81.3 Å². The summed E-state index contributed by atoms with van der Waals surface area (Å²) in [6, 6.07) is 0. The molecular weight excluding hydrogens is 186 g/mol. The van der Waals surface area contributed by atoms with Crippen molar-refractivity contribution in [3.63, 3.8) is 0 Å². The first-order chi connectivity index (χ1) is 6.34. The molecule has 0 atom stereocenters.